The van der Waals surface area contributed by atoms with Gasteiger partial charge < -0.3 is 23.8 Å². The summed E-state index contributed by atoms with van der Waals surface area (Å²) in [4.78, 5) is 6.97. The molecule has 30 heavy (non-hydrogen) atoms. The van der Waals surface area contributed by atoms with E-state index in [0.717, 1.165) is 43.7 Å². The average molecular weight is 408 g/mol. The molecule has 158 valence electrons. The summed E-state index contributed by atoms with van der Waals surface area (Å²) in [7, 11) is 3.92. The number of hydrogen-bond acceptors (Lipinski definition) is 6. The summed E-state index contributed by atoms with van der Waals surface area (Å²) >= 11 is 0. The molecule has 6 heteroatoms. The molecule has 1 aromatic heterocycles. The van der Waals surface area contributed by atoms with E-state index in [1.165, 1.54) is 11.1 Å². The van der Waals surface area contributed by atoms with Crippen LogP contribution in [-0.2, 0) is 16.6 Å². The van der Waals surface area contributed by atoms with E-state index in [2.05, 4.69) is 23.0 Å². The first kappa shape index (κ1) is 18.5. The van der Waals surface area contributed by atoms with Crippen molar-refractivity contribution in [3.63, 3.8) is 0 Å². The normalized spacial score (nSPS) is 33.5. The van der Waals surface area contributed by atoms with E-state index in [0.29, 0.717) is 17.8 Å². The maximum atomic E-state index is 6.78. The average Bonchev–Trinajstić information content (AvgIpc) is 3.12. The van der Waals surface area contributed by atoms with Crippen molar-refractivity contribution in [3.8, 4) is 17.4 Å². The number of ether oxygens (including phenoxy) is 4. The Morgan fingerprint density at radius 1 is 1.23 bits per heavy atom. The van der Waals surface area contributed by atoms with Crippen LogP contribution in [0.25, 0.3) is 0 Å². The SMILES string of the molecule is COCOc1ccc2c3c1OC1C(Oc4ccccn4)CC[C@H]4[C@@H](C2)N(C)CC[C@]314. The molecule has 1 spiro atoms. The Labute approximate surface area is 177 Å². The molecule has 0 radical (unpaired) electrons. The fourth-order valence-corrected chi connectivity index (χ4v) is 6.61. The van der Waals surface area contributed by atoms with E-state index in [1.54, 1.807) is 13.3 Å². The molecule has 6 rings (SSSR count). The summed E-state index contributed by atoms with van der Waals surface area (Å²) in [5, 5.41) is 0. The molecule has 2 aliphatic heterocycles. The molecule has 2 fully saturated rings. The maximum Gasteiger partial charge on any atom is 0.213 e. The van der Waals surface area contributed by atoms with Crippen LogP contribution < -0.4 is 14.2 Å². The Morgan fingerprint density at radius 2 is 2.17 bits per heavy atom. The Morgan fingerprint density at radius 3 is 3.00 bits per heavy atom. The summed E-state index contributed by atoms with van der Waals surface area (Å²) in [6, 6.07) is 10.7. The number of pyridine rings is 1. The van der Waals surface area contributed by atoms with E-state index < -0.39 is 0 Å². The molecule has 1 aromatic carbocycles. The van der Waals surface area contributed by atoms with Crippen molar-refractivity contribution in [2.45, 2.75) is 49.3 Å². The van der Waals surface area contributed by atoms with Gasteiger partial charge >= 0.3 is 0 Å². The first-order valence-corrected chi connectivity index (χ1v) is 10.9. The number of rotatable bonds is 5. The van der Waals surface area contributed by atoms with Crippen LogP contribution >= 0.6 is 0 Å². The predicted molar refractivity (Wildman–Crippen MR) is 111 cm³/mol. The second-order valence-electron chi connectivity index (χ2n) is 9.07. The molecule has 0 amide bonds. The van der Waals surface area contributed by atoms with Crippen LogP contribution in [-0.4, -0.2) is 55.6 Å². The van der Waals surface area contributed by atoms with Crippen LogP contribution in [0, 0.1) is 5.92 Å². The molecule has 4 aliphatic rings. The lowest BCUT2D eigenvalue weighted by Gasteiger charge is -2.58. The van der Waals surface area contributed by atoms with Crippen molar-refractivity contribution in [1.82, 2.24) is 9.88 Å². The third-order valence-electron chi connectivity index (χ3n) is 7.77. The fourth-order valence-electron chi connectivity index (χ4n) is 6.61. The lowest BCUT2D eigenvalue weighted by atomic mass is 9.51. The Kier molecular flexibility index (Phi) is 4.22. The maximum absolute atomic E-state index is 6.78. The molecule has 2 unspecified atom stereocenters. The molecule has 2 aromatic rings. The highest BCUT2D eigenvalue weighted by Gasteiger charge is 2.66. The zero-order valence-corrected chi connectivity index (χ0v) is 17.5. The van der Waals surface area contributed by atoms with Gasteiger partial charge in [-0.1, -0.05) is 12.1 Å². The van der Waals surface area contributed by atoms with Crippen LogP contribution in [0.4, 0.5) is 0 Å². The van der Waals surface area contributed by atoms with Gasteiger partial charge in [0, 0.05) is 36.4 Å². The largest absolute Gasteiger partial charge is 0.481 e. The number of aromatic nitrogens is 1. The molecular weight excluding hydrogens is 380 g/mol. The molecule has 1 saturated carbocycles. The molecule has 5 atom stereocenters. The monoisotopic (exact) mass is 408 g/mol. The highest BCUT2D eigenvalue weighted by Crippen LogP contribution is 2.64. The lowest BCUT2D eigenvalue weighted by Crippen LogP contribution is -2.66. The van der Waals surface area contributed by atoms with Gasteiger partial charge in [0.1, 0.15) is 12.2 Å². The summed E-state index contributed by atoms with van der Waals surface area (Å²) in [5.41, 5.74) is 2.78. The van der Waals surface area contributed by atoms with Gasteiger partial charge in [-0.3, -0.25) is 0 Å². The van der Waals surface area contributed by atoms with Crippen molar-refractivity contribution in [2.24, 2.45) is 5.92 Å². The lowest BCUT2D eigenvalue weighted by molar-refractivity contribution is -0.0924. The number of nitrogens with zero attached hydrogens (tertiary/aromatic N) is 2. The number of likely N-dealkylation sites (tertiary alicyclic amines) is 1. The number of piperidine rings is 1. The van der Waals surface area contributed by atoms with Crippen LogP contribution in [0.15, 0.2) is 36.5 Å². The van der Waals surface area contributed by atoms with Gasteiger partial charge in [0.05, 0.1) is 0 Å². The van der Waals surface area contributed by atoms with E-state index in [1.807, 2.05) is 24.3 Å². The summed E-state index contributed by atoms with van der Waals surface area (Å²) < 4.78 is 24.3. The van der Waals surface area contributed by atoms with Gasteiger partial charge in [-0.2, -0.15) is 0 Å². The molecule has 3 heterocycles. The second-order valence-corrected chi connectivity index (χ2v) is 9.07. The smallest absolute Gasteiger partial charge is 0.213 e. The summed E-state index contributed by atoms with van der Waals surface area (Å²) in [5.74, 6) is 2.95. The van der Waals surface area contributed by atoms with Gasteiger partial charge in [-0.05, 0) is 62.9 Å². The van der Waals surface area contributed by atoms with Gasteiger partial charge in [-0.25, -0.2) is 4.98 Å². The topological polar surface area (TPSA) is 53.1 Å². The molecule has 6 nitrogen and oxygen atoms in total. The van der Waals surface area contributed by atoms with E-state index in [9.17, 15) is 0 Å². The van der Waals surface area contributed by atoms with Gasteiger partial charge in [0.15, 0.2) is 18.3 Å². The van der Waals surface area contributed by atoms with Crippen LogP contribution in [0.2, 0.25) is 0 Å². The third kappa shape index (κ3) is 2.47. The molecule has 1 saturated heterocycles. The molecule has 0 N–H and O–H groups in total. The van der Waals surface area contributed by atoms with Crippen LogP contribution in [0.3, 0.4) is 0 Å². The minimum absolute atomic E-state index is 0.00969. The number of benzene rings is 1. The van der Waals surface area contributed by atoms with Gasteiger partial charge in [0.25, 0.3) is 0 Å². The Hall–Kier alpha value is -2.31. The van der Waals surface area contributed by atoms with Crippen molar-refractivity contribution in [2.75, 3.05) is 27.5 Å². The number of likely N-dealkylation sites (N-methyl/N-ethyl adjacent to an activating group) is 1. The van der Waals surface area contributed by atoms with Gasteiger partial charge in [0.2, 0.25) is 5.88 Å². The van der Waals surface area contributed by atoms with E-state index >= 15 is 0 Å². The minimum atomic E-state index is -0.0196. The Balaban J connectivity index is 1.46. The van der Waals surface area contributed by atoms with E-state index in [-0.39, 0.29) is 24.4 Å². The molecule has 2 aliphatic carbocycles. The van der Waals surface area contributed by atoms with E-state index in [4.69, 9.17) is 18.9 Å². The summed E-state index contributed by atoms with van der Waals surface area (Å²) in [6.07, 6.45) is 6.04. The van der Waals surface area contributed by atoms with Crippen LogP contribution in [0.1, 0.15) is 30.4 Å². The fraction of sp³-hybridized carbons (Fsp3) is 0.542. The second kappa shape index (κ2) is 6.86. The number of methoxy groups -OCH3 is 1. The number of hydrogen-bond donors (Lipinski definition) is 0. The molecule has 2 bridgehead atoms. The highest BCUT2D eigenvalue weighted by atomic mass is 16.7. The van der Waals surface area contributed by atoms with Crippen molar-refractivity contribution >= 4 is 0 Å². The zero-order chi connectivity index (χ0) is 20.3. The molecular formula is C24H28N2O4. The third-order valence-corrected chi connectivity index (χ3v) is 7.77. The first-order chi connectivity index (χ1) is 14.7. The van der Waals surface area contributed by atoms with Crippen molar-refractivity contribution < 1.29 is 18.9 Å². The van der Waals surface area contributed by atoms with Crippen molar-refractivity contribution in [1.29, 1.82) is 0 Å². The van der Waals surface area contributed by atoms with Crippen LogP contribution in [0.5, 0.6) is 17.4 Å². The first-order valence-electron chi connectivity index (χ1n) is 10.9. The highest BCUT2D eigenvalue weighted by molar-refractivity contribution is 5.61. The minimum Gasteiger partial charge on any atom is -0.481 e. The standard InChI is InChI=1S/C24H28N2O4/c1-26-12-10-24-16-7-9-19(29-20-5-3-4-11-25-20)23(24)30-22-18(28-14-27-2)8-6-15(21(22)24)13-17(16)26/h3-6,8,11,16-17,19,23H,7,9-10,12-14H2,1-2H3/t16-,17+,19?,23?,24-/m0/s1. The Bertz CT molecular complexity index is 952. The van der Waals surface area contributed by atoms with Crippen molar-refractivity contribution in [3.05, 3.63) is 47.7 Å². The zero-order valence-electron chi connectivity index (χ0n) is 17.5. The summed E-state index contributed by atoms with van der Waals surface area (Å²) in [6.45, 7) is 1.30. The quantitative estimate of drug-likeness (QED) is 0.709. The van der Waals surface area contributed by atoms with Gasteiger partial charge in [-0.15, -0.1) is 0 Å². The predicted octanol–water partition coefficient (Wildman–Crippen LogP) is 3.18.